The lowest BCUT2D eigenvalue weighted by Gasteiger charge is -2.33. The SMILES string of the molecule is COc1ccc([C@H]2C[C@@H](C(F)(F)F)n3nc(C(=O)Nc4ccc(C)c(Cl)c4)cc3N2)cc1. The molecule has 2 aromatic carbocycles. The van der Waals surface area contributed by atoms with E-state index in [0.29, 0.717) is 22.0 Å². The van der Waals surface area contributed by atoms with Crippen molar-refractivity contribution in [3.05, 3.63) is 70.4 Å². The van der Waals surface area contributed by atoms with Crippen molar-refractivity contribution in [2.45, 2.75) is 31.6 Å². The fourth-order valence-electron chi connectivity index (χ4n) is 3.60. The van der Waals surface area contributed by atoms with Crippen LogP contribution in [0.2, 0.25) is 5.02 Å². The molecular weight excluding hydrogens is 445 g/mol. The number of carbonyl (C=O) groups is 1. The van der Waals surface area contributed by atoms with E-state index in [1.165, 1.54) is 13.2 Å². The zero-order valence-corrected chi connectivity index (χ0v) is 18.0. The Bertz CT molecular complexity index is 1150. The highest BCUT2D eigenvalue weighted by molar-refractivity contribution is 6.31. The minimum atomic E-state index is -4.54. The number of fused-ring (bicyclic) bond motifs is 1. The predicted molar refractivity (Wildman–Crippen MR) is 115 cm³/mol. The summed E-state index contributed by atoms with van der Waals surface area (Å²) in [5.74, 6) is 0.0964. The highest BCUT2D eigenvalue weighted by Crippen LogP contribution is 2.43. The number of anilines is 2. The Hall–Kier alpha value is -3.20. The van der Waals surface area contributed by atoms with Crippen molar-refractivity contribution in [2.24, 2.45) is 0 Å². The third-order valence-electron chi connectivity index (χ3n) is 5.37. The Morgan fingerprint density at radius 1 is 1.22 bits per heavy atom. The highest BCUT2D eigenvalue weighted by Gasteiger charge is 2.46. The normalized spacial score (nSPS) is 17.9. The van der Waals surface area contributed by atoms with Crippen LogP contribution in [-0.2, 0) is 0 Å². The maximum absolute atomic E-state index is 13.8. The molecule has 1 aliphatic heterocycles. The standard InChI is InChI=1S/C22H20ClF3N4O2/c1-12-3-6-14(9-16(12)23)27-21(31)18-11-20-28-17(13-4-7-15(32-2)8-5-13)10-19(22(24,25)26)30(20)29-18/h3-9,11,17,19,28H,10H2,1-2H3,(H,27,31)/t17-,19+/m1/s1. The van der Waals surface area contributed by atoms with Crippen molar-refractivity contribution in [1.29, 1.82) is 0 Å². The van der Waals surface area contributed by atoms with Crippen molar-refractivity contribution < 1.29 is 22.7 Å². The van der Waals surface area contributed by atoms with Gasteiger partial charge in [-0.3, -0.25) is 4.79 Å². The van der Waals surface area contributed by atoms with Crippen LogP contribution in [0.4, 0.5) is 24.7 Å². The first kappa shape index (κ1) is 22.0. The van der Waals surface area contributed by atoms with Gasteiger partial charge in [-0.1, -0.05) is 29.8 Å². The summed E-state index contributed by atoms with van der Waals surface area (Å²) in [4.78, 5) is 12.7. The molecule has 10 heteroatoms. The number of alkyl halides is 3. The molecule has 0 radical (unpaired) electrons. The zero-order chi connectivity index (χ0) is 23.0. The maximum atomic E-state index is 13.8. The van der Waals surface area contributed by atoms with Gasteiger partial charge >= 0.3 is 6.18 Å². The Labute approximate surface area is 187 Å². The molecule has 168 valence electrons. The molecule has 2 atom stereocenters. The van der Waals surface area contributed by atoms with E-state index in [1.807, 2.05) is 6.92 Å². The topological polar surface area (TPSA) is 68.2 Å². The lowest BCUT2D eigenvalue weighted by atomic mass is 9.97. The number of ether oxygens (including phenoxy) is 1. The smallest absolute Gasteiger partial charge is 0.410 e. The minimum Gasteiger partial charge on any atom is -0.497 e. The van der Waals surface area contributed by atoms with Crippen molar-refractivity contribution in [3.8, 4) is 5.75 Å². The van der Waals surface area contributed by atoms with Gasteiger partial charge in [0.05, 0.1) is 13.2 Å². The molecule has 3 aromatic rings. The van der Waals surface area contributed by atoms with Crippen molar-refractivity contribution >= 4 is 29.0 Å². The summed E-state index contributed by atoms with van der Waals surface area (Å²) in [7, 11) is 1.52. The molecule has 2 N–H and O–H groups in total. The minimum absolute atomic E-state index is 0.117. The van der Waals surface area contributed by atoms with E-state index < -0.39 is 24.2 Å². The Morgan fingerprint density at radius 3 is 2.56 bits per heavy atom. The van der Waals surface area contributed by atoms with Gasteiger partial charge in [0.25, 0.3) is 5.91 Å². The van der Waals surface area contributed by atoms with E-state index in [4.69, 9.17) is 16.3 Å². The molecular formula is C22H20ClF3N4O2. The van der Waals surface area contributed by atoms with E-state index in [0.717, 1.165) is 10.2 Å². The molecule has 6 nitrogen and oxygen atoms in total. The summed E-state index contributed by atoms with van der Waals surface area (Å²) in [6.07, 6.45) is -4.80. The van der Waals surface area contributed by atoms with E-state index in [2.05, 4.69) is 15.7 Å². The summed E-state index contributed by atoms with van der Waals surface area (Å²) in [6, 6.07) is 10.6. The molecule has 1 aromatic heterocycles. The van der Waals surface area contributed by atoms with Gasteiger partial charge in [-0.2, -0.15) is 18.3 Å². The average Bonchev–Trinajstić information content (AvgIpc) is 3.19. The second-order valence-corrected chi connectivity index (χ2v) is 7.95. The van der Waals surface area contributed by atoms with Crippen molar-refractivity contribution in [3.63, 3.8) is 0 Å². The fraction of sp³-hybridized carbons (Fsp3) is 0.273. The Kier molecular flexibility index (Phi) is 5.77. The van der Waals surface area contributed by atoms with Crippen LogP contribution in [0.1, 0.15) is 40.1 Å². The maximum Gasteiger partial charge on any atom is 0.410 e. The van der Waals surface area contributed by atoms with Gasteiger partial charge in [-0.05, 0) is 42.3 Å². The number of rotatable bonds is 4. The third kappa shape index (κ3) is 4.38. The molecule has 0 unspecified atom stereocenters. The van der Waals surface area contributed by atoms with Crippen molar-refractivity contribution in [2.75, 3.05) is 17.7 Å². The van der Waals surface area contributed by atoms with E-state index in [1.54, 1.807) is 42.5 Å². The van der Waals surface area contributed by atoms with Crippen LogP contribution in [0.25, 0.3) is 0 Å². The highest BCUT2D eigenvalue weighted by atomic mass is 35.5. The molecule has 0 aliphatic carbocycles. The van der Waals surface area contributed by atoms with E-state index in [9.17, 15) is 18.0 Å². The van der Waals surface area contributed by atoms with Gasteiger partial charge in [-0.15, -0.1) is 0 Å². The van der Waals surface area contributed by atoms with Gasteiger partial charge in [-0.25, -0.2) is 4.68 Å². The number of aryl methyl sites for hydroxylation is 1. The number of hydrogen-bond donors (Lipinski definition) is 2. The summed E-state index contributed by atoms with van der Waals surface area (Å²) < 4.78 is 47.5. The first-order chi connectivity index (χ1) is 15.2. The molecule has 0 fully saturated rings. The van der Waals surface area contributed by atoms with Gasteiger partial charge in [0, 0.05) is 23.2 Å². The lowest BCUT2D eigenvalue weighted by molar-refractivity contribution is -0.173. The molecule has 1 amide bonds. The van der Waals surface area contributed by atoms with Crippen LogP contribution in [0.5, 0.6) is 5.75 Å². The van der Waals surface area contributed by atoms with Crippen LogP contribution in [0, 0.1) is 6.92 Å². The van der Waals surface area contributed by atoms with Crippen molar-refractivity contribution in [1.82, 2.24) is 9.78 Å². The van der Waals surface area contributed by atoms with Crippen LogP contribution in [0.3, 0.4) is 0 Å². The molecule has 32 heavy (non-hydrogen) atoms. The number of nitrogens with zero attached hydrogens (tertiary/aromatic N) is 2. The molecule has 2 heterocycles. The third-order valence-corrected chi connectivity index (χ3v) is 5.78. The summed E-state index contributed by atoms with van der Waals surface area (Å²) in [5.41, 5.74) is 1.80. The van der Waals surface area contributed by atoms with Gasteiger partial charge in [0.1, 0.15) is 11.6 Å². The number of nitrogens with one attached hydrogen (secondary N) is 2. The molecule has 4 rings (SSSR count). The number of aromatic nitrogens is 2. The molecule has 1 aliphatic rings. The average molecular weight is 465 g/mol. The first-order valence-corrected chi connectivity index (χ1v) is 10.2. The fourth-order valence-corrected chi connectivity index (χ4v) is 3.79. The molecule has 0 saturated heterocycles. The lowest BCUT2D eigenvalue weighted by Crippen LogP contribution is -2.35. The summed E-state index contributed by atoms with van der Waals surface area (Å²) >= 11 is 6.07. The summed E-state index contributed by atoms with van der Waals surface area (Å²) in [5, 5.41) is 10.1. The molecule has 0 bridgehead atoms. The van der Waals surface area contributed by atoms with Crippen LogP contribution >= 0.6 is 11.6 Å². The Balaban J connectivity index is 1.62. The number of carbonyl (C=O) groups excluding carboxylic acids is 1. The largest absolute Gasteiger partial charge is 0.497 e. The van der Waals surface area contributed by atoms with Crippen LogP contribution < -0.4 is 15.4 Å². The monoisotopic (exact) mass is 464 g/mol. The first-order valence-electron chi connectivity index (χ1n) is 9.80. The number of benzene rings is 2. The quantitative estimate of drug-likeness (QED) is 0.514. The van der Waals surface area contributed by atoms with E-state index in [-0.39, 0.29) is 17.9 Å². The van der Waals surface area contributed by atoms with E-state index >= 15 is 0 Å². The summed E-state index contributed by atoms with van der Waals surface area (Å²) in [6.45, 7) is 1.82. The van der Waals surface area contributed by atoms with Gasteiger partial charge in [0.2, 0.25) is 0 Å². The second kappa shape index (κ2) is 8.38. The Morgan fingerprint density at radius 2 is 1.94 bits per heavy atom. The number of amides is 1. The molecule has 0 spiro atoms. The van der Waals surface area contributed by atoms with Gasteiger partial charge in [0.15, 0.2) is 11.7 Å². The zero-order valence-electron chi connectivity index (χ0n) is 17.2. The number of halogens is 4. The van der Waals surface area contributed by atoms with Crippen LogP contribution in [-0.4, -0.2) is 29.0 Å². The van der Waals surface area contributed by atoms with Gasteiger partial charge < -0.3 is 15.4 Å². The number of hydrogen-bond acceptors (Lipinski definition) is 4. The predicted octanol–water partition coefficient (Wildman–Crippen LogP) is 5.77. The molecule has 0 saturated carbocycles. The second-order valence-electron chi connectivity index (χ2n) is 7.54. The van der Waals surface area contributed by atoms with Crippen LogP contribution in [0.15, 0.2) is 48.5 Å². The number of methoxy groups -OCH3 is 1.